The largest absolute Gasteiger partial charge is 0.481 e. The van der Waals surface area contributed by atoms with Gasteiger partial charge in [0.2, 0.25) is 0 Å². The number of fused-ring (bicyclic) bond motifs is 1. The van der Waals surface area contributed by atoms with Crippen molar-refractivity contribution in [3.05, 3.63) is 17.9 Å². The van der Waals surface area contributed by atoms with Crippen LogP contribution in [-0.4, -0.2) is 32.3 Å². The summed E-state index contributed by atoms with van der Waals surface area (Å²) in [6.07, 6.45) is 0.917. The lowest BCUT2D eigenvalue weighted by Crippen LogP contribution is -2.41. The SMILES string of the molecule is CCCOCCN1C(=O)COc2cc(F)c(NN)cc21. The van der Waals surface area contributed by atoms with Crippen LogP contribution in [0.4, 0.5) is 15.8 Å². The van der Waals surface area contributed by atoms with Crippen LogP contribution in [0, 0.1) is 5.82 Å². The second-order valence-corrected chi connectivity index (χ2v) is 4.39. The zero-order chi connectivity index (χ0) is 14.5. The van der Waals surface area contributed by atoms with Gasteiger partial charge < -0.3 is 19.8 Å². The standard InChI is InChI=1S/C13H18FN3O3/c1-2-4-19-5-3-17-11-7-10(16-15)9(14)6-12(11)20-8-13(17)18/h6-7,16H,2-5,8,15H2,1H3. The number of carbonyl (C=O) groups excluding carboxylic acids is 1. The van der Waals surface area contributed by atoms with Crippen molar-refractivity contribution in [1.29, 1.82) is 0 Å². The number of hydrazine groups is 1. The normalized spacial score (nSPS) is 13.9. The Morgan fingerprint density at radius 1 is 1.50 bits per heavy atom. The third kappa shape index (κ3) is 3.00. The summed E-state index contributed by atoms with van der Waals surface area (Å²) < 4.78 is 24.2. The number of hydrogen-bond acceptors (Lipinski definition) is 5. The molecule has 0 atom stereocenters. The Morgan fingerprint density at radius 3 is 3.00 bits per heavy atom. The zero-order valence-electron chi connectivity index (χ0n) is 11.3. The van der Waals surface area contributed by atoms with Crippen molar-refractivity contribution < 1.29 is 18.7 Å². The van der Waals surface area contributed by atoms with Crippen molar-refractivity contribution in [3.8, 4) is 5.75 Å². The Morgan fingerprint density at radius 2 is 2.30 bits per heavy atom. The predicted molar refractivity (Wildman–Crippen MR) is 73.2 cm³/mol. The second-order valence-electron chi connectivity index (χ2n) is 4.39. The maximum Gasteiger partial charge on any atom is 0.265 e. The van der Waals surface area contributed by atoms with Gasteiger partial charge in [0.1, 0.15) is 5.75 Å². The van der Waals surface area contributed by atoms with E-state index in [4.69, 9.17) is 15.3 Å². The maximum absolute atomic E-state index is 13.6. The highest BCUT2D eigenvalue weighted by Crippen LogP contribution is 2.35. The van der Waals surface area contributed by atoms with Crippen molar-refractivity contribution in [2.24, 2.45) is 5.84 Å². The van der Waals surface area contributed by atoms with Gasteiger partial charge >= 0.3 is 0 Å². The average molecular weight is 283 g/mol. The van der Waals surface area contributed by atoms with Crippen molar-refractivity contribution in [2.75, 3.05) is 36.7 Å². The smallest absolute Gasteiger partial charge is 0.265 e. The molecule has 1 aliphatic heterocycles. The molecular formula is C13H18FN3O3. The molecule has 20 heavy (non-hydrogen) atoms. The summed E-state index contributed by atoms with van der Waals surface area (Å²) in [4.78, 5) is 13.4. The highest BCUT2D eigenvalue weighted by molar-refractivity contribution is 5.98. The van der Waals surface area contributed by atoms with Crippen LogP contribution in [0.5, 0.6) is 5.75 Å². The van der Waals surface area contributed by atoms with E-state index in [9.17, 15) is 9.18 Å². The second kappa shape index (κ2) is 6.53. The molecule has 1 aromatic carbocycles. The van der Waals surface area contributed by atoms with E-state index >= 15 is 0 Å². The molecule has 0 aliphatic carbocycles. The molecule has 1 aliphatic rings. The molecule has 0 aromatic heterocycles. The van der Waals surface area contributed by atoms with Gasteiger partial charge in [0.25, 0.3) is 5.91 Å². The molecule has 7 heteroatoms. The number of hydrogen-bond donors (Lipinski definition) is 2. The summed E-state index contributed by atoms with van der Waals surface area (Å²) in [5, 5.41) is 0. The van der Waals surface area contributed by atoms with Gasteiger partial charge in [0.05, 0.1) is 18.0 Å². The Labute approximate surface area is 116 Å². The topological polar surface area (TPSA) is 76.8 Å². The van der Waals surface area contributed by atoms with E-state index in [0.717, 1.165) is 6.42 Å². The molecule has 110 valence electrons. The summed E-state index contributed by atoms with van der Waals surface area (Å²) in [5.41, 5.74) is 2.87. The van der Waals surface area contributed by atoms with Crippen LogP contribution in [0.2, 0.25) is 0 Å². The minimum atomic E-state index is -0.525. The van der Waals surface area contributed by atoms with E-state index in [1.165, 1.54) is 17.0 Å². The average Bonchev–Trinajstić information content (AvgIpc) is 2.45. The van der Waals surface area contributed by atoms with Gasteiger partial charge in [0.15, 0.2) is 12.4 Å². The Kier molecular flexibility index (Phi) is 4.75. The quantitative estimate of drug-likeness (QED) is 0.467. The minimum Gasteiger partial charge on any atom is -0.481 e. The van der Waals surface area contributed by atoms with Gasteiger partial charge in [-0.2, -0.15) is 0 Å². The van der Waals surface area contributed by atoms with Crippen molar-refractivity contribution in [3.63, 3.8) is 0 Å². The van der Waals surface area contributed by atoms with Gasteiger partial charge in [-0.25, -0.2) is 4.39 Å². The highest BCUT2D eigenvalue weighted by Gasteiger charge is 2.26. The van der Waals surface area contributed by atoms with Crippen molar-refractivity contribution in [2.45, 2.75) is 13.3 Å². The van der Waals surface area contributed by atoms with E-state index in [1.54, 1.807) is 0 Å². The third-order valence-electron chi connectivity index (χ3n) is 2.95. The van der Waals surface area contributed by atoms with Crippen LogP contribution in [0.25, 0.3) is 0 Å². The van der Waals surface area contributed by atoms with Crippen LogP contribution in [0.1, 0.15) is 13.3 Å². The van der Waals surface area contributed by atoms with E-state index in [2.05, 4.69) is 5.43 Å². The molecular weight excluding hydrogens is 265 g/mol. The number of nitrogens with zero attached hydrogens (tertiary/aromatic N) is 1. The number of nitrogens with two attached hydrogens (primary N) is 1. The lowest BCUT2D eigenvalue weighted by molar-refractivity contribution is -0.121. The molecule has 0 bridgehead atoms. The van der Waals surface area contributed by atoms with Gasteiger partial charge in [0, 0.05) is 19.2 Å². The fraction of sp³-hybridized carbons (Fsp3) is 0.462. The Hall–Kier alpha value is -1.86. The summed E-state index contributed by atoms with van der Waals surface area (Å²) >= 11 is 0. The lowest BCUT2D eigenvalue weighted by atomic mass is 10.2. The molecule has 0 saturated carbocycles. The first-order chi connectivity index (χ1) is 9.67. The van der Waals surface area contributed by atoms with Gasteiger partial charge in [-0.3, -0.25) is 10.6 Å². The highest BCUT2D eigenvalue weighted by atomic mass is 19.1. The number of halogens is 1. The van der Waals surface area contributed by atoms with Crippen LogP contribution < -0.4 is 20.9 Å². The molecule has 1 aromatic rings. The molecule has 3 N–H and O–H groups in total. The number of carbonyl (C=O) groups is 1. The van der Waals surface area contributed by atoms with Gasteiger partial charge in [-0.05, 0) is 12.5 Å². The van der Waals surface area contributed by atoms with Gasteiger partial charge in [-0.1, -0.05) is 6.92 Å². The Bertz CT molecular complexity index is 496. The predicted octanol–water partition coefficient (Wildman–Crippen LogP) is 1.26. The third-order valence-corrected chi connectivity index (χ3v) is 2.95. The first kappa shape index (κ1) is 14.5. The molecule has 0 radical (unpaired) electrons. The molecule has 1 amide bonds. The van der Waals surface area contributed by atoms with E-state index in [0.29, 0.717) is 31.2 Å². The maximum atomic E-state index is 13.6. The Balaban J connectivity index is 2.19. The number of benzene rings is 1. The summed E-state index contributed by atoms with van der Waals surface area (Å²) in [7, 11) is 0. The molecule has 0 saturated heterocycles. The van der Waals surface area contributed by atoms with Crippen LogP contribution in [-0.2, 0) is 9.53 Å². The fourth-order valence-electron chi connectivity index (χ4n) is 1.98. The van der Waals surface area contributed by atoms with Crippen LogP contribution >= 0.6 is 0 Å². The fourth-order valence-corrected chi connectivity index (χ4v) is 1.98. The lowest BCUT2D eigenvalue weighted by Gasteiger charge is -2.29. The number of anilines is 2. The monoisotopic (exact) mass is 283 g/mol. The van der Waals surface area contributed by atoms with E-state index in [1.807, 2.05) is 6.92 Å². The van der Waals surface area contributed by atoms with E-state index < -0.39 is 5.82 Å². The molecule has 2 rings (SSSR count). The molecule has 6 nitrogen and oxygen atoms in total. The van der Waals surface area contributed by atoms with Crippen LogP contribution in [0.15, 0.2) is 12.1 Å². The first-order valence-corrected chi connectivity index (χ1v) is 6.48. The first-order valence-electron chi connectivity index (χ1n) is 6.48. The summed E-state index contributed by atoms with van der Waals surface area (Å²) in [6.45, 7) is 3.36. The summed E-state index contributed by atoms with van der Waals surface area (Å²) in [6, 6.07) is 2.68. The minimum absolute atomic E-state index is 0.102. The number of nitrogen functional groups attached to an aromatic ring is 1. The molecule has 1 heterocycles. The number of nitrogens with one attached hydrogen (secondary N) is 1. The number of rotatable bonds is 6. The molecule has 0 spiro atoms. The summed E-state index contributed by atoms with van der Waals surface area (Å²) in [5.74, 6) is 4.86. The number of amides is 1. The van der Waals surface area contributed by atoms with Gasteiger partial charge in [-0.15, -0.1) is 0 Å². The zero-order valence-corrected chi connectivity index (χ0v) is 11.3. The van der Waals surface area contributed by atoms with E-state index in [-0.39, 0.29) is 18.2 Å². The molecule has 0 unspecified atom stereocenters. The van der Waals surface area contributed by atoms with Crippen LogP contribution in [0.3, 0.4) is 0 Å². The molecule has 0 fully saturated rings. The van der Waals surface area contributed by atoms with Crippen molar-refractivity contribution in [1.82, 2.24) is 0 Å². The van der Waals surface area contributed by atoms with Crippen molar-refractivity contribution >= 4 is 17.3 Å². The number of ether oxygens (including phenoxy) is 2.